The van der Waals surface area contributed by atoms with Crippen molar-refractivity contribution in [2.24, 2.45) is 5.10 Å². The van der Waals surface area contributed by atoms with E-state index >= 15 is 0 Å². The number of benzene rings is 2. The topological polar surface area (TPSA) is 41.4 Å². The van der Waals surface area contributed by atoms with Crippen LogP contribution in [0.15, 0.2) is 53.6 Å². The molecule has 2 N–H and O–H groups in total. The number of thiocarbonyl (C=S) groups is 1. The second kappa shape index (κ2) is 7.49. The summed E-state index contributed by atoms with van der Waals surface area (Å²) in [6.07, 6.45) is 1.81. The molecule has 3 aromatic rings. The molecular weight excluding hydrogens is 328 g/mol. The van der Waals surface area contributed by atoms with Crippen LogP contribution < -0.4 is 10.7 Å². The van der Waals surface area contributed by atoms with Gasteiger partial charge in [-0.3, -0.25) is 5.43 Å². The first-order chi connectivity index (χ1) is 12.1. The van der Waals surface area contributed by atoms with Crippen LogP contribution in [0.4, 0.5) is 0 Å². The molecule has 1 aromatic heterocycles. The first-order valence-electron chi connectivity index (χ1n) is 8.35. The fourth-order valence-electron chi connectivity index (χ4n) is 2.99. The SMILES string of the molecule is CCNC(=S)NN=Cc1cc(C)n(-c2ccc3ccccc3c2)c1C. The quantitative estimate of drug-likeness (QED) is 0.423. The van der Waals surface area contributed by atoms with Gasteiger partial charge in [-0.25, -0.2) is 0 Å². The predicted octanol–water partition coefficient (Wildman–Crippen LogP) is 4.07. The fourth-order valence-corrected chi connectivity index (χ4v) is 3.19. The van der Waals surface area contributed by atoms with Crippen LogP contribution in [-0.2, 0) is 0 Å². The van der Waals surface area contributed by atoms with Crippen molar-refractivity contribution in [1.29, 1.82) is 0 Å². The van der Waals surface area contributed by atoms with Crippen molar-refractivity contribution in [2.45, 2.75) is 20.8 Å². The lowest BCUT2D eigenvalue weighted by Gasteiger charge is -2.11. The Labute approximate surface area is 153 Å². The van der Waals surface area contributed by atoms with Gasteiger partial charge in [0.25, 0.3) is 0 Å². The minimum Gasteiger partial charge on any atom is -0.362 e. The van der Waals surface area contributed by atoms with Crippen LogP contribution in [0.25, 0.3) is 16.5 Å². The lowest BCUT2D eigenvalue weighted by Crippen LogP contribution is -2.31. The van der Waals surface area contributed by atoms with Gasteiger partial charge in [0.15, 0.2) is 5.11 Å². The van der Waals surface area contributed by atoms with Gasteiger partial charge in [-0.05, 0) is 62.0 Å². The van der Waals surface area contributed by atoms with Crippen LogP contribution in [0.3, 0.4) is 0 Å². The van der Waals surface area contributed by atoms with Crippen LogP contribution >= 0.6 is 12.2 Å². The predicted molar refractivity (Wildman–Crippen MR) is 110 cm³/mol. The van der Waals surface area contributed by atoms with Crippen molar-refractivity contribution >= 4 is 34.3 Å². The lowest BCUT2D eigenvalue weighted by molar-refractivity contribution is 0.903. The maximum absolute atomic E-state index is 5.11. The van der Waals surface area contributed by atoms with E-state index in [2.05, 4.69) is 82.8 Å². The summed E-state index contributed by atoms with van der Waals surface area (Å²) in [6, 6.07) is 17.1. The molecule has 0 aliphatic rings. The molecule has 3 rings (SSSR count). The Morgan fingerprint density at radius 1 is 1.12 bits per heavy atom. The molecule has 25 heavy (non-hydrogen) atoms. The normalized spacial score (nSPS) is 11.2. The van der Waals surface area contributed by atoms with E-state index < -0.39 is 0 Å². The summed E-state index contributed by atoms with van der Waals surface area (Å²) in [5.74, 6) is 0. The van der Waals surface area contributed by atoms with Crippen molar-refractivity contribution in [2.75, 3.05) is 6.54 Å². The van der Waals surface area contributed by atoms with Gasteiger partial charge in [0.05, 0.1) is 6.21 Å². The molecule has 0 saturated heterocycles. The molecule has 0 aliphatic carbocycles. The van der Waals surface area contributed by atoms with Crippen LogP contribution in [0, 0.1) is 13.8 Å². The molecule has 2 aromatic carbocycles. The van der Waals surface area contributed by atoms with Crippen molar-refractivity contribution in [1.82, 2.24) is 15.3 Å². The molecule has 0 bridgehead atoms. The smallest absolute Gasteiger partial charge is 0.186 e. The second-order valence-electron chi connectivity index (χ2n) is 5.92. The average Bonchev–Trinajstić information content (AvgIpc) is 2.88. The van der Waals surface area contributed by atoms with E-state index in [0.717, 1.165) is 23.5 Å². The highest BCUT2D eigenvalue weighted by Gasteiger charge is 2.10. The number of aromatic nitrogens is 1. The van der Waals surface area contributed by atoms with Crippen molar-refractivity contribution in [3.63, 3.8) is 0 Å². The Kier molecular flexibility index (Phi) is 5.14. The number of hydrogen-bond acceptors (Lipinski definition) is 2. The highest BCUT2D eigenvalue weighted by molar-refractivity contribution is 7.80. The van der Waals surface area contributed by atoms with Gasteiger partial charge in [0, 0.05) is 29.2 Å². The van der Waals surface area contributed by atoms with E-state index in [-0.39, 0.29) is 0 Å². The zero-order valence-corrected chi connectivity index (χ0v) is 15.5. The molecule has 4 nitrogen and oxygen atoms in total. The van der Waals surface area contributed by atoms with E-state index in [9.17, 15) is 0 Å². The number of hydrogen-bond donors (Lipinski definition) is 2. The first-order valence-corrected chi connectivity index (χ1v) is 8.76. The third-order valence-corrected chi connectivity index (χ3v) is 4.40. The van der Waals surface area contributed by atoms with Crippen LogP contribution in [0.2, 0.25) is 0 Å². The zero-order valence-electron chi connectivity index (χ0n) is 14.7. The van der Waals surface area contributed by atoms with Gasteiger partial charge in [-0.1, -0.05) is 30.3 Å². The van der Waals surface area contributed by atoms with E-state index in [4.69, 9.17) is 12.2 Å². The van der Waals surface area contributed by atoms with Gasteiger partial charge >= 0.3 is 0 Å². The molecule has 0 radical (unpaired) electrons. The van der Waals surface area contributed by atoms with Gasteiger partial charge < -0.3 is 9.88 Å². The van der Waals surface area contributed by atoms with Gasteiger partial charge in [-0.2, -0.15) is 5.10 Å². The van der Waals surface area contributed by atoms with Crippen LogP contribution in [0.5, 0.6) is 0 Å². The third-order valence-electron chi connectivity index (χ3n) is 4.17. The minimum atomic E-state index is 0.530. The third kappa shape index (κ3) is 3.72. The summed E-state index contributed by atoms with van der Waals surface area (Å²) in [4.78, 5) is 0. The summed E-state index contributed by atoms with van der Waals surface area (Å²) in [5, 5.41) is 10.2. The molecule has 1 heterocycles. The number of aryl methyl sites for hydroxylation is 1. The molecule has 5 heteroatoms. The van der Waals surface area contributed by atoms with E-state index in [1.54, 1.807) is 0 Å². The molecule has 0 amide bonds. The summed E-state index contributed by atoms with van der Waals surface area (Å²) >= 11 is 5.11. The first kappa shape index (κ1) is 17.2. The lowest BCUT2D eigenvalue weighted by atomic mass is 10.1. The van der Waals surface area contributed by atoms with Gasteiger partial charge in [-0.15, -0.1) is 0 Å². The van der Waals surface area contributed by atoms with E-state index in [1.807, 2.05) is 13.1 Å². The van der Waals surface area contributed by atoms with Gasteiger partial charge in [0.1, 0.15) is 0 Å². The Bertz CT molecular complexity index is 940. The Balaban J connectivity index is 1.90. The average molecular weight is 350 g/mol. The second-order valence-corrected chi connectivity index (χ2v) is 6.33. The standard InChI is InChI=1S/C20H22N4S/c1-4-21-20(25)23-22-13-18-11-14(2)24(15(18)3)19-10-9-16-7-5-6-8-17(16)12-19/h5-13H,4H2,1-3H3,(H2,21,23,25). The van der Waals surface area contributed by atoms with E-state index in [0.29, 0.717) is 5.11 Å². The highest BCUT2D eigenvalue weighted by Crippen LogP contribution is 2.23. The highest BCUT2D eigenvalue weighted by atomic mass is 32.1. The maximum atomic E-state index is 5.11. The molecule has 0 unspecified atom stereocenters. The Hall–Kier alpha value is -2.66. The molecule has 0 saturated carbocycles. The minimum absolute atomic E-state index is 0.530. The Morgan fingerprint density at radius 3 is 2.64 bits per heavy atom. The number of hydrazone groups is 1. The molecule has 0 atom stereocenters. The monoisotopic (exact) mass is 350 g/mol. The largest absolute Gasteiger partial charge is 0.362 e. The summed E-state index contributed by atoms with van der Waals surface area (Å²) in [7, 11) is 0. The number of nitrogens with one attached hydrogen (secondary N) is 2. The number of nitrogens with zero attached hydrogens (tertiary/aromatic N) is 2. The molecular formula is C20H22N4S. The van der Waals surface area contributed by atoms with Crippen molar-refractivity contribution in [3.05, 3.63) is 65.5 Å². The molecule has 0 aliphatic heterocycles. The van der Waals surface area contributed by atoms with E-state index in [1.165, 1.54) is 16.5 Å². The van der Waals surface area contributed by atoms with Crippen molar-refractivity contribution < 1.29 is 0 Å². The summed E-state index contributed by atoms with van der Waals surface area (Å²) in [5.41, 5.74) is 7.37. The zero-order chi connectivity index (χ0) is 17.8. The number of fused-ring (bicyclic) bond motifs is 1. The maximum Gasteiger partial charge on any atom is 0.186 e. The molecule has 128 valence electrons. The fraction of sp³-hybridized carbons (Fsp3) is 0.200. The van der Waals surface area contributed by atoms with Gasteiger partial charge in [0.2, 0.25) is 0 Å². The molecule has 0 spiro atoms. The van der Waals surface area contributed by atoms with Crippen LogP contribution in [-0.4, -0.2) is 22.4 Å². The Morgan fingerprint density at radius 2 is 1.88 bits per heavy atom. The summed E-state index contributed by atoms with van der Waals surface area (Å²) < 4.78 is 2.25. The van der Waals surface area contributed by atoms with Crippen LogP contribution in [0.1, 0.15) is 23.9 Å². The number of rotatable bonds is 4. The molecule has 0 fully saturated rings. The van der Waals surface area contributed by atoms with Crippen molar-refractivity contribution in [3.8, 4) is 5.69 Å². The summed E-state index contributed by atoms with van der Waals surface area (Å²) in [6.45, 7) is 6.98.